The summed E-state index contributed by atoms with van der Waals surface area (Å²) in [5.74, 6) is 1.05. The second kappa shape index (κ2) is 8.03. The van der Waals surface area contributed by atoms with Crippen molar-refractivity contribution in [1.82, 2.24) is 5.32 Å². The molecule has 0 radical (unpaired) electrons. The van der Waals surface area contributed by atoms with Crippen LogP contribution in [0.2, 0.25) is 10.0 Å². The third kappa shape index (κ3) is 3.98. The van der Waals surface area contributed by atoms with Crippen LogP contribution in [0.5, 0.6) is 11.5 Å². The Kier molecular flexibility index (Phi) is 5.76. The number of carbonyl (C=O) groups excluding carboxylic acids is 1. The number of ether oxygens (including phenoxy) is 2. The first kappa shape index (κ1) is 18.6. The molecule has 0 spiro atoms. The van der Waals surface area contributed by atoms with Gasteiger partial charge in [0.1, 0.15) is 11.5 Å². The van der Waals surface area contributed by atoms with Crippen LogP contribution in [-0.4, -0.2) is 25.3 Å². The Morgan fingerprint density at radius 1 is 1.15 bits per heavy atom. The van der Waals surface area contributed by atoms with E-state index in [0.717, 1.165) is 5.56 Å². The summed E-state index contributed by atoms with van der Waals surface area (Å²) in [5.41, 5.74) is 1.22. The third-order valence-electron chi connectivity index (χ3n) is 3.53. The molecule has 0 aromatic heterocycles. The molecule has 26 heavy (non-hydrogen) atoms. The van der Waals surface area contributed by atoms with E-state index in [1.54, 1.807) is 56.7 Å². The van der Waals surface area contributed by atoms with Crippen LogP contribution >= 0.6 is 35.0 Å². The van der Waals surface area contributed by atoms with E-state index in [1.165, 1.54) is 11.8 Å². The molecule has 0 aliphatic carbocycles. The number of amidine groups is 1. The number of halogens is 2. The number of aliphatic imine (C=N–C) groups is 1. The van der Waals surface area contributed by atoms with Gasteiger partial charge in [0.2, 0.25) is 0 Å². The highest BCUT2D eigenvalue weighted by atomic mass is 35.5. The molecule has 8 heteroatoms. The maximum absolute atomic E-state index is 12.3. The van der Waals surface area contributed by atoms with Gasteiger partial charge >= 0.3 is 0 Å². The Labute approximate surface area is 165 Å². The first-order valence-electron chi connectivity index (χ1n) is 7.47. The van der Waals surface area contributed by atoms with E-state index in [0.29, 0.717) is 37.3 Å². The first-order chi connectivity index (χ1) is 12.5. The van der Waals surface area contributed by atoms with Gasteiger partial charge in [0, 0.05) is 5.56 Å². The van der Waals surface area contributed by atoms with Gasteiger partial charge < -0.3 is 14.8 Å². The van der Waals surface area contributed by atoms with Crippen molar-refractivity contribution in [3.05, 3.63) is 56.9 Å². The molecule has 134 valence electrons. The number of rotatable bonds is 4. The molecule has 0 saturated carbocycles. The third-order valence-corrected chi connectivity index (χ3v) is 5.25. The molecule has 1 heterocycles. The molecule has 0 unspecified atom stereocenters. The Morgan fingerprint density at radius 3 is 2.69 bits per heavy atom. The molecule has 0 bridgehead atoms. The summed E-state index contributed by atoms with van der Waals surface area (Å²) in [7, 11) is 3.15. The maximum atomic E-state index is 12.3. The van der Waals surface area contributed by atoms with Gasteiger partial charge in [-0.05, 0) is 48.2 Å². The summed E-state index contributed by atoms with van der Waals surface area (Å²) in [6.45, 7) is 0. The fraction of sp³-hybridized carbons (Fsp3) is 0.111. The van der Waals surface area contributed by atoms with Crippen LogP contribution in [0.3, 0.4) is 0 Å². The van der Waals surface area contributed by atoms with Crippen LogP contribution in [0, 0.1) is 0 Å². The number of carbonyl (C=O) groups is 1. The quantitative estimate of drug-likeness (QED) is 0.730. The monoisotopic (exact) mass is 408 g/mol. The van der Waals surface area contributed by atoms with E-state index >= 15 is 0 Å². The smallest absolute Gasteiger partial charge is 0.264 e. The highest BCUT2D eigenvalue weighted by Gasteiger charge is 2.24. The summed E-state index contributed by atoms with van der Waals surface area (Å²) in [6, 6.07) is 10.5. The van der Waals surface area contributed by atoms with Gasteiger partial charge in [-0.3, -0.25) is 4.79 Å². The van der Waals surface area contributed by atoms with Gasteiger partial charge in [-0.1, -0.05) is 29.3 Å². The number of methoxy groups -OCH3 is 2. The van der Waals surface area contributed by atoms with Crippen LogP contribution < -0.4 is 14.8 Å². The highest BCUT2D eigenvalue weighted by molar-refractivity contribution is 8.18. The fourth-order valence-electron chi connectivity index (χ4n) is 2.26. The summed E-state index contributed by atoms with van der Waals surface area (Å²) in [6.07, 6.45) is 1.73. The van der Waals surface area contributed by atoms with Crippen molar-refractivity contribution in [1.29, 1.82) is 0 Å². The van der Waals surface area contributed by atoms with Gasteiger partial charge in [-0.25, -0.2) is 4.99 Å². The normalized spacial score (nSPS) is 16.8. The van der Waals surface area contributed by atoms with Crippen LogP contribution in [0.1, 0.15) is 5.56 Å². The highest BCUT2D eigenvalue weighted by Crippen LogP contribution is 2.35. The number of hydrogen-bond donors (Lipinski definition) is 1. The lowest BCUT2D eigenvalue weighted by molar-refractivity contribution is -0.115. The molecule has 2 aromatic carbocycles. The molecule has 2 aromatic rings. The molecule has 1 amide bonds. The van der Waals surface area contributed by atoms with E-state index in [9.17, 15) is 4.79 Å². The number of nitrogens with one attached hydrogen (secondary N) is 1. The Bertz CT molecular complexity index is 929. The zero-order chi connectivity index (χ0) is 18.7. The largest absolute Gasteiger partial charge is 0.497 e. The molecule has 3 rings (SSSR count). The van der Waals surface area contributed by atoms with Crippen LogP contribution in [0.25, 0.3) is 6.08 Å². The van der Waals surface area contributed by atoms with Gasteiger partial charge in [0.25, 0.3) is 5.91 Å². The van der Waals surface area contributed by atoms with Crippen molar-refractivity contribution in [3.8, 4) is 11.5 Å². The van der Waals surface area contributed by atoms with Crippen molar-refractivity contribution in [2.24, 2.45) is 4.99 Å². The minimum Gasteiger partial charge on any atom is -0.497 e. The predicted octanol–water partition coefficient (Wildman–Crippen LogP) is 4.90. The molecule has 5 nitrogen and oxygen atoms in total. The van der Waals surface area contributed by atoms with E-state index in [4.69, 9.17) is 32.7 Å². The average molecular weight is 409 g/mol. The van der Waals surface area contributed by atoms with E-state index in [2.05, 4.69) is 10.3 Å². The Hall–Kier alpha value is -2.15. The van der Waals surface area contributed by atoms with Crippen LogP contribution in [0.15, 0.2) is 46.3 Å². The molecular weight excluding hydrogens is 395 g/mol. The average Bonchev–Trinajstić information content (AvgIpc) is 2.98. The molecule has 1 aliphatic heterocycles. The van der Waals surface area contributed by atoms with Gasteiger partial charge in [0.05, 0.1) is 34.9 Å². The SMILES string of the molecule is COc1ccc(OC)c(C=C2SC(=Nc3cccc(Cl)c3Cl)NC2=O)c1. The van der Waals surface area contributed by atoms with Crippen LogP contribution in [-0.2, 0) is 4.79 Å². The fourth-order valence-corrected chi connectivity index (χ4v) is 3.43. The zero-order valence-electron chi connectivity index (χ0n) is 13.9. The van der Waals surface area contributed by atoms with Crippen molar-refractivity contribution >= 4 is 57.8 Å². The standard InChI is InChI=1S/C18H14Cl2N2O3S/c1-24-11-6-7-14(25-2)10(8-11)9-15-17(23)22-18(26-15)21-13-5-3-4-12(19)16(13)20/h3-9H,1-2H3,(H,21,22,23). The topological polar surface area (TPSA) is 59.9 Å². The minimum atomic E-state index is -0.253. The summed E-state index contributed by atoms with van der Waals surface area (Å²) < 4.78 is 10.6. The molecular formula is C18H14Cl2N2O3S. The van der Waals surface area contributed by atoms with E-state index in [1.807, 2.05) is 0 Å². The maximum Gasteiger partial charge on any atom is 0.264 e. The van der Waals surface area contributed by atoms with Crippen LogP contribution in [0.4, 0.5) is 5.69 Å². The zero-order valence-corrected chi connectivity index (χ0v) is 16.2. The predicted molar refractivity (Wildman–Crippen MR) is 107 cm³/mol. The second-order valence-electron chi connectivity index (χ2n) is 5.16. The van der Waals surface area contributed by atoms with E-state index < -0.39 is 0 Å². The Morgan fingerprint density at radius 2 is 1.96 bits per heavy atom. The lowest BCUT2D eigenvalue weighted by Gasteiger charge is -2.07. The molecule has 0 atom stereocenters. The lowest BCUT2D eigenvalue weighted by Crippen LogP contribution is -2.19. The number of thioether (sulfide) groups is 1. The number of hydrogen-bond acceptors (Lipinski definition) is 5. The van der Waals surface area contributed by atoms with Crippen molar-refractivity contribution in [2.75, 3.05) is 14.2 Å². The van der Waals surface area contributed by atoms with Crippen molar-refractivity contribution < 1.29 is 14.3 Å². The lowest BCUT2D eigenvalue weighted by atomic mass is 10.1. The number of benzene rings is 2. The summed E-state index contributed by atoms with van der Waals surface area (Å²) >= 11 is 13.3. The van der Waals surface area contributed by atoms with Gasteiger partial charge in [-0.2, -0.15) is 0 Å². The molecule has 1 fully saturated rings. The molecule has 1 N–H and O–H groups in total. The minimum absolute atomic E-state index is 0.253. The van der Waals surface area contributed by atoms with Crippen molar-refractivity contribution in [2.45, 2.75) is 0 Å². The Balaban J connectivity index is 1.92. The second-order valence-corrected chi connectivity index (χ2v) is 6.98. The van der Waals surface area contributed by atoms with Gasteiger partial charge in [0.15, 0.2) is 5.17 Å². The van der Waals surface area contributed by atoms with Gasteiger partial charge in [-0.15, -0.1) is 0 Å². The number of amides is 1. The molecule has 1 aliphatic rings. The summed E-state index contributed by atoms with van der Waals surface area (Å²) in [4.78, 5) is 17.1. The summed E-state index contributed by atoms with van der Waals surface area (Å²) in [5, 5.41) is 3.88. The van der Waals surface area contributed by atoms with Crippen molar-refractivity contribution in [3.63, 3.8) is 0 Å². The van der Waals surface area contributed by atoms with E-state index in [-0.39, 0.29) is 5.91 Å². The first-order valence-corrected chi connectivity index (χ1v) is 9.04. The number of nitrogens with zero attached hydrogens (tertiary/aromatic N) is 1. The molecule has 1 saturated heterocycles.